The zero-order chi connectivity index (χ0) is 18.7. The maximum absolute atomic E-state index is 13.1. The molecule has 134 valence electrons. The van der Waals surface area contributed by atoms with Crippen LogP contribution < -0.4 is 14.8 Å². The van der Waals surface area contributed by atoms with Crippen LogP contribution in [0.3, 0.4) is 0 Å². The van der Waals surface area contributed by atoms with Gasteiger partial charge in [-0.25, -0.2) is 9.37 Å². The summed E-state index contributed by atoms with van der Waals surface area (Å²) in [5, 5.41) is 3.50. The van der Waals surface area contributed by atoms with E-state index in [9.17, 15) is 9.18 Å². The lowest BCUT2D eigenvalue weighted by molar-refractivity contribution is 0.103. The fourth-order valence-corrected chi connectivity index (χ4v) is 3.39. The number of carbonyl (C=O) groups is 1. The number of methoxy groups -OCH3 is 2. The second-order valence-electron chi connectivity index (χ2n) is 5.46. The number of benzene rings is 2. The predicted molar refractivity (Wildman–Crippen MR) is 99.7 cm³/mol. The molecule has 7 heteroatoms. The topological polar surface area (TPSA) is 60.5 Å². The van der Waals surface area contributed by atoms with Gasteiger partial charge in [-0.3, -0.25) is 4.79 Å². The minimum Gasteiger partial charge on any atom is -0.493 e. The standard InChI is InChI=1S/C19H17FN2O3S/c1-11-17(26-19(21-11)12-4-6-13(20)7-5-12)18(23)22-14-8-9-15(24-2)16(10-14)25-3/h4-10H,1-3H3,(H,22,23). The zero-order valence-corrected chi connectivity index (χ0v) is 15.3. The molecule has 0 unspecified atom stereocenters. The van der Waals surface area contributed by atoms with Crippen LogP contribution in [0.5, 0.6) is 11.5 Å². The van der Waals surface area contributed by atoms with E-state index in [4.69, 9.17) is 9.47 Å². The quantitative estimate of drug-likeness (QED) is 0.715. The highest BCUT2D eigenvalue weighted by Crippen LogP contribution is 2.31. The average Bonchev–Trinajstić information content (AvgIpc) is 3.04. The number of halogens is 1. The van der Waals surface area contributed by atoms with Crippen molar-refractivity contribution in [2.24, 2.45) is 0 Å². The number of thiazole rings is 1. The van der Waals surface area contributed by atoms with Gasteiger partial charge in [-0.1, -0.05) is 0 Å². The molecular formula is C19H17FN2O3S. The molecule has 3 aromatic rings. The number of aromatic nitrogens is 1. The third-order valence-corrected chi connectivity index (χ3v) is 4.94. The number of ether oxygens (including phenoxy) is 2. The monoisotopic (exact) mass is 372 g/mol. The highest BCUT2D eigenvalue weighted by molar-refractivity contribution is 7.17. The van der Waals surface area contributed by atoms with Crippen LogP contribution in [0.4, 0.5) is 10.1 Å². The lowest BCUT2D eigenvalue weighted by Gasteiger charge is -2.10. The van der Waals surface area contributed by atoms with Crippen molar-refractivity contribution in [3.8, 4) is 22.1 Å². The molecule has 0 radical (unpaired) electrons. The minimum atomic E-state index is -0.312. The van der Waals surface area contributed by atoms with E-state index in [2.05, 4.69) is 10.3 Å². The predicted octanol–water partition coefficient (Wildman–Crippen LogP) is 4.53. The van der Waals surface area contributed by atoms with Crippen LogP contribution in [0.25, 0.3) is 10.6 Å². The molecule has 26 heavy (non-hydrogen) atoms. The zero-order valence-electron chi connectivity index (χ0n) is 14.5. The van der Waals surface area contributed by atoms with Gasteiger partial charge in [0.1, 0.15) is 15.7 Å². The van der Waals surface area contributed by atoms with Crippen molar-refractivity contribution in [1.29, 1.82) is 0 Å². The number of hydrogen-bond acceptors (Lipinski definition) is 5. The van der Waals surface area contributed by atoms with Crippen molar-refractivity contribution < 1.29 is 18.7 Å². The van der Waals surface area contributed by atoms with Crippen LogP contribution in [0.2, 0.25) is 0 Å². The first-order valence-corrected chi connectivity index (χ1v) is 8.60. The Hall–Kier alpha value is -2.93. The fourth-order valence-electron chi connectivity index (χ4n) is 2.42. The summed E-state index contributed by atoms with van der Waals surface area (Å²) in [6, 6.07) is 11.2. The summed E-state index contributed by atoms with van der Waals surface area (Å²) < 4.78 is 23.5. The van der Waals surface area contributed by atoms with Gasteiger partial charge in [0.15, 0.2) is 11.5 Å². The van der Waals surface area contributed by atoms with Crippen LogP contribution >= 0.6 is 11.3 Å². The van der Waals surface area contributed by atoms with Gasteiger partial charge in [0.2, 0.25) is 0 Å². The third kappa shape index (κ3) is 3.67. The highest BCUT2D eigenvalue weighted by Gasteiger charge is 2.17. The Labute approximate surface area is 154 Å². The van der Waals surface area contributed by atoms with E-state index in [1.165, 1.54) is 30.6 Å². The Balaban J connectivity index is 1.83. The van der Waals surface area contributed by atoms with Crippen LogP contribution in [-0.4, -0.2) is 25.1 Å². The molecule has 0 fully saturated rings. The molecule has 1 N–H and O–H groups in total. The van der Waals surface area contributed by atoms with E-state index in [0.29, 0.717) is 32.8 Å². The number of amides is 1. The van der Waals surface area contributed by atoms with E-state index in [1.54, 1.807) is 44.4 Å². The van der Waals surface area contributed by atoms with Crippen molar-refractivity contribution in [3.05, 3.63) is 58.9 Å². The number of rotatable bonds is 5. The summed E-state index contributed by atoms with van der Waals surface area (Å²) in [7, 11) is 3.08. The van der Waals surface area contributed by atoms with Gasteiger partial charge in [-0.15, -0.1) is 11.3 Å². The summed E-state index contributed by atoms with van der Waals surface area (Å²) in [5.74, 6) is 0.533. The summed E-state index contributed by atoms with van der Waals surface area (Å²) in [5.41, 5.74) is 1.97. The number of anilines is 1. The van der Waals surface area contributed by atoms with E-state index in [1.807, 2.05) is 0 Å². The largest absolute Gasteiger partial charge is 0.493 e. The number of hydrogen-bond donors (Lipinski definition) is 1. The Bertz CT molecular complexity index is 938. The molecule has 0 bridgehead atoms. The first kappa shape index (κ1) is 17.9. The lowest BCUT2D eigenvalue weighted by atomic mass is 10.2. The van der Waals surface area contributed by atoms with Crippen molar-refractivity contribution in [1.82, 2.24) is 4.98 Å². The fraction of sp³-hybridized carbons (Fsp3) is 0.158. The Morgan fingerprint density at radius 2 is 1.77 bits per heavy atom. The van der Waals surface area contributed by atoms with Crippen LogP contribution in [0.1, 0.15) is 15.4 Å². The van der Waals surface area contributed by atoms with E-state index >= 15 is 0 Å². The molecule has 0 aliphatic rings. The Morgan fingerprint density at radius 3 is 2.42 bits per heavy atom. The van der Waals surface area contributed by atoms with Gasteiger partial charge in [-0.2, -0.15) is 0 Å². The molecule has 3 rings (SSSR count). The molecule has 5 nitrogen and oxygen atoms in total. The molecular weight excluding hydrogens is 355 g/mol. The Kier molecular flexibility index (Phi) is 5.18. The molecule has 1 amide bonds. The minimum absolute atomic E-state index is 0.263. The van der Waals surface area contributed by atoms with Crippen LogP contribution in [-0.2, 0) is 0 Å². The van der Waals surface area contributed by atoms with Gasteiger partial charge in [0.05, 0.1) is 19.9 Å². The average molecular weight is 372 g/mol. The number of nitrogens with one attached hydrogen (secondary N) is 1. The molecule has 1 heterocycles. The van der Waals surface area contributed by atoms with E-state index in [-0.39, 0.29) is 11.7 Å². The molecule has 0 atom stereocenters. The van der Waals surface area contributed by atoms with E-state index < -0.39 is 0 Å². The summed E-state index contributed by atoms with van der Waals surface area (Å²) in [4.78, 5) is 17.5. The van der Waals surface area contributed by atoms with Crippen molar-refractivity contribution >= 4 is 22.9 Å². The molecule has 0 spiro atoms. The van der Waals surface area contributed by atoms with Gasteiger partial charge in [0.25, 0.3) is 5.91 Å². The summed E-state index contributed by atoms with van der Waals surface area (Å²) in [6.07, 6.45) is 0. The normalized spacial score (nSPS) is 10.5. The Morgan fingerprint density at radius 1 is 1.08 bits per heavy atom. The molecule has 0 aliphatic carbocycles. The maximum atomic E-state index is 13.1. The number of nitrogens with zero attached hydrogens (tertiary/aromatic N) is 1. The van der Waals surface area contributed by atoms with Gasteiger partial charge < -0.3 is 14.8 Å². The van der Waals surface area contributed by atoms with Gasteiger partial charge >= 0.3 is 0 Å². The number of carbonyl (C=O) groups excluding carboxylic acids is 1. The lowest BCUT2D eigenvalue weighted by Crippen LogP contribution is -2.11. The van der Waals surface area contributed by atoms with Gasteiger partial charge in [0, 0.05) is 17.3 Å². The SMILES string of the molecule is COc1ccc(NC(=O)c2sc(-c3ccc(F)cc3)nc2C)cc1OC. The second-order valence-corrected chi connectivity index (χ2v) is 6.46. The first-order valence-electron chi connectivity index (χ1n) is 7.78. The smallest absolute Gasteiger partial charge is 0.267 e. The highest BCUT2D eigenvalue weighted by atomic mass is 32.1. The molecule has 0 saturated carbocycles. The van der Waals surface area contributed by atoms with Crippen molar-refractivity contribution in [2.45, 2.75) is 6.92 Å². The maximum Gasteiger partial charge on any atom is 0.267 e. The number of aryl methyl sites for hydroxylation is 1. The van der Waals surface area contributed by atoms with Gasteiger partial charge in [-0.05, 0) is 43.3 Å². The molecule has 2 aromatic carbocycles. The van der Waals surface area contributed by atoms with Crippen LogP contribution in [0, 0.1) is 12.7 Å². The molecule has 0 saturated heterocycles. The molecule has 0 aliphatic heterocycles. The summed E-state index contributed by atoms with van der Waals surface area (Å²) >= 11 is 1.26. The van der Waals surface area contributed by atoms with Crippen molar-refractivity contribution in [3.63, 3.8) is 0 Å². The summed E-state index contributed by atoms with van der Waals surface area (Å²) in [6.45, 7) is 1.77. The van der Waals surface area contributed by atoms with Crippen molar-refractivity contribution in [2.75, 3.05) is 19.5 Å². The second kappa shape index (κ2) is 7.53. The molecule has 1 aromatic heterocycles. The first-order chi connectivity index (χ1) is 12.5. The van der Waals surface area contributed by atoms with E-state index in [0.717, 1.165) is 5.56 Å². The van der Waals surface area contributed by atoms with Crippen LogP contribution in [0.15, 0.2) is 42.5 Å². The third-order valence-electron chi connectivity index (χ3n) is 3.74.